The Balaban J connectivity index is 1.70. The molecule has 1 aromatic rings. The van der Waals surface area contributed by atoms with Gasteiger partial charge in [0.05, 0.1) is 12.6 Å². The van der Waals surface area contributed by atoms with E-state index in [0.29, 0.717) is 18.0 Å². The van der Waals surface area contributed by atoms with Crippen LogP contribution in [0.25, 0.3) is 0 Å². The number of carbonyl (C=O) groups is 2. The fraction of sp³-hybridized carbons (Fsp3) is 0.478. The molecule has 0 saturated heterocycles. The third-order valence-corrected chi connectivity index (χ3v) is 11.8. The number of nitrogens with zero attached hydrogens (tertiary/aromatic N) is 1. The van der Waals surface area contributed by atoms with Gasteiger partial charge in [0.15, 0.2) is 25.6 Å². The fourth-order valence-corrected chi connectivity index (χ4v) is 5.94. The fourth-order valence-electron chi connectivity index (χ4n) is 4.67. The van der Waals surface area contributed by atoms with Crippen molar-refractivity contribution in [3.8, 4) is 11.5 Å². The Labute approximate surface area is 177 Å². The predicted octanol–water partition coefficient (Wildman–Crippen LogP) is 3.98. The lowest BCUT2D eigenvalue weighted by molar-refractivity contribution is -0.133. The lowest BCUT2D eigenvalue weighted by Crippen LogP contribution is -2.55. The molecule has 1 aliphatic carbocycles. The van der Waals surface area contributed by atoms with E-state index in [9.17, 15) is 9.59 Å². The van der Waals surface area contributed by atoms with Crippen molar-refractivity contribution in [2.24, 2.45) is 0 Å². The van der Waals surface area contributed by atoms with E-state index in [2.05, 4.69) is 33.9 Å². The first-order valence-corrected chi connectivity index (χ1v) is 13.3. The molecule has 158 valence electrons. The zero-order chi connectivity index (χ0) is 21.5. The number of rotatable bonds is 2. The van der Waals surface area contributed by atoms with Crippen LogP contribution in [-0.2, 0) is 19.6 Å². The molecular weight excluding hydrogens is 398 g/mol. The number of benzene rings is 1. The lowest BCUT2D eigenvalue weighted by Gasteiger charge is -2.50. The number of carbonyl (C=O) groups excluding carboxylic acids is 2. The van der Waals surface area contributed by atoms with Crippen LogP contribution in [-0.4, -0.2) is 38.2 Å². The summed E-state index contributed by atoms with van der Waals surface area (Å²) in [5, 5.41) is 0.0284. The Kier molecular flexibility index (Phi) is 3.96. The smallest absolute Gasteiger partial charge is 0.248 e. The van der Waals surface area contributed by atoms with Gasteiger partial charge in [0.25, 0.3) is 0 Å². The molecule has 0 unspecified atom stereocenters. The average molecular weight is 426 g/mol. The van der Waals surface area contributed by atoms with Gasteiger partial charge >= 0.3 is 0 Å². The maximum absolute atomic E-state index is 13.0. The largest absolute Gasteiger partial charge is 0.454 e. The van der Waals surface area contributed by atoms with Crippen LogP contribution in [0.15, 0.2) is 35.9 Å². The highest BCUT2D eigenvalue weighted by molar-refractivity contribution is 6.74. The zero-order valence-electron chi connectivity index (χ0n) is 18.1. The Morgan fingerprint density at radius 1 is 1.13 bits per heavy atom. The minimum atomic E-state index is -2.12. The van der Waals surface area contributed by atoms with E-state index in [0.717, 1.165) is 16.7 Å². The number of fused-ring (bicyclic) bond motifs is 2. The van der Waals surface area contributed by atoms with Gasteiger partial charge in [-0.25, -0.2) is 0 Å². The van der Waals surface area contributed by atoms with Gasteiger partial charge < -0.3 is 18.8 Å². The summed E-state index contributed by atoms with van der Waals surface area (Å²) in [5.74, 6) is 1.28. The summed E-state index contributed by atoms with van der Waals surface area (Å²) in [5.41, 5.74) is 1.98. The summed E-state index contributed by atoms with van der Waals surface area (Å²) in [4.78, 5) is 27.4. The minimum Gasteiger partial charge on any atom is -0.454 e. The summed E-state index contributed by atoms with van der Waals surface area (Å²) < 4.78 is 18.1. The molecule has 0 radical (unpaired) electrons. The summed E-state index contributed by atoms with van der Waals surface area (Å²) in [7, 11) is -2.12. The Morgan fingerprint density at radius 3 is 2.53 bits per heavy atom. The third kappa shape index (κ3) is 2.58. The first kappa shape index (κ1) is 19.6. The summed E-state index contributed by atoms with van der Waals surface area (Å²) >= 11 is 0. The zero-order valence-corrected chi connectivity index (χ0v) is 19.1. The van der Waals surface area contributed by atoms with Crippen LogP contribution in [0, 0.1) is 0 Å². The van der Waals surface area contributed by atoms with Crippen molar-refractivity contribution in [1.29, 1.82) is 0 Å². The van der Waals surface area contributed by atoms with Gasteiger partial charge in [0.2, 0.25) is 12.7 Å². The second-order valence-corrected chi connectivity index (χ2v) is 14.8. The second-order valence-electron chi connectivity index (χ2n) is 10.0. The molecule has 0 bridgehead atoms. The van der Waals surface area contributed by atoms with Crippen molar-refractivity contribution in [3.63, 3.8) is 0 Å². The normalized spacial score (nSPS) is 27.0. The van der Waals surface area contributed by atoms with Gasteiger partial charge in [-0.05, 0) is 53.0 Å². The van der Waals surface area contributed by atoms with Crippen molar-refractivity contribution >= 4 is 20.0 Å². The van der Waals surface area contributed by atoms with Crippen molar-refractivity contribution < 1.29 is 23.5 Å². The van der Waals surface area contributed by atoms with Crippen LogP contribution in [0.5, 0.6) is 11.5 Å². The maximum Gasteiger partial charge on any atom is 0.248 e. The van der Waals surface area contributed by atoms with Crippen LogP contribution in [0.1, 0.15) is 44.4 Å². The van der Waals surface area contributed by atoms with E-state index in [4.69, 9.17) is 13.9 Å². The monoisotopic (exact) mass is 425 g/mol. The van der Waals surface area contributed by atoms with E-state index >= 15 is 0 Å². The number of amides is 1. The molecule has 3 heterocycles. The quantitative estimate of drug-likeness (QED) is 0.671. The number of allylic oxidation sites excluding steroid dienone is 1. The highest BCUT2D eigenvalue weighted by Gasteiger charge is 2.56. The molecule has 0 saturated carbocycles. The standard InChI is InChI=1S/C23H27NO5Si/c1-22(2,3)30(4,5)29-20-12-24-21(26)8-14-6-7-15(25)11-23(14,24)17-10-19-18(9-16(17)20)27-13-28-19/h6-10,20H,11-13H2,1-5H3/t20-,23-/m0/s1. The SMILES string of the molecule is CC(C)(C)[Si](C)(C)O[C@H]1CN2C(=O)C=C3C=CC(=O)C[C@@]32c2cc3c(cc21)OCO3. The van der Waals surface area contributed by atoms with E-state index in [1.54, 1.807) is 18.2 Å². The van der Waals surface area contributed by atoms with Crippen LogP contribution in [0.2, 0.25) is 18.1 Å². The van der Waals surface area contributed by atoms with E-state index in [-0.39, 0.29) is 36.0 Å². The molecule has 7 heteroatoms. The molecule has 1 aromatic carbocycles. The predicted molar refractivity (Wildman–Crippen MR) is 114 cm³/mol. The summed E-state index contributed by atoms with van der Waals surface area (Å²) in [6.07, 6.45) is 4.97. The van der Waals surface area contributed by atoms with Crippen LogP contribution in [0.3, 0.4) is 0 Å². The van der Waals surface area contributed by atoms with Gasteiger partial charge in [0, 0.05) is 12.5 Å². The number of hydrogen-bond acceptors (Lipinski definition) is 5. The highest BCUT2D eigenvalue weighted by atomic mass is 28.4. The molecule has 0 fully saturated rings. The molecule has 0 N–H and O–H groups in total. The number of ketones is 1. The van der Waals surface area contributed by atoms with E-state index < -0.39 is 13.9 Å². The van der Waals surface area contributed by atoms with Gasteiger partial charge in [-0.3, -0.25) is 9.59 Å². The Hall–Kier alpha value is -2.38. The van der Waals surface area contributed by atoms with Crippen molar-refractivity contribution in [3.05, 3.63) is 47.1 Å². The molecule has 2 atom stereocenters. The first-order valence-electron chi connectivity index (χ1n) is 10.4. The van der Waals surface area contributed by atoms with Crippen LogP contribution >= 0.6 is 0 Å². The molecule has 4 aliphatic rings. The average Bonchev–Trinajstić information content (AvgIpc) is 3.21. The molecule has 3 aliphatic heterocycles. The van der Waals surface area contributed by atoms with Crippen LogP contribution < -0.4 is 9.47 Å². The van der Waals surface area contributed by atoms with Crippen molar-refractivity contribution in [2.45, 2.75) is 57.0 Å². The Morgan fingerprint density at radius 2 is 1.83 bits per heavy atom. The molecule has 5 rings (SSSR count). The molecular formula is C23H27NO5Si. The molecule has 6 nitrogen and oxygen atoms in total. The maximum atomic E-state index is 13.0. The van der Waals surface area contributed by atoms with Gasteiger partial charge in [-0.1, -0.05) is 26.8 Å². The topological polar surface area (TPSA) is 65.1 Å². The van der Waals surface area contributed by atoms with Gasteiger partial charge in [0.1, 0.15) is 5.54 Å². The first-order chi connectivity index (χ1) is 14.0. The summed E-state index contributed by atoms with van der Waals surface area (Å²) in [6.45, 7) is 11.6. The Bertz CT molecular complexity index is 1030. The van der Waals surface area contributed by atoms with Crippen LogP contribution in [0.4, 0.5) is 0 Å². The third-order valence-electron chi connectivity index (χ3n) is 7.29. The molecule has 0 aromatic heterocycles. The van der Waals surface area contributed by atoms with Crippen molar-refractivity contribution in [2.75, 3.05) is 13.3 Å². The van der Waals surface area contributed by atoms with Crippen molar-refractivity contribution in [1.82, 2.24) is 4.90 Å². The second kappa shape index (κ2) is 6.08. The van der Waals surface area contributed by atoms with E-state index in [1.165, 1.54) is 0 Å². The summed E-state index contributed by atoms with van der Waals surface area (Å²) in [6, 6.07) is 3.94. The molecule has 1 amide bonds. The minimum absolute atomic E-state index is 0.0132. The highest BCUT2D eigenvalue weighted by Crippen LogP contribution is 2.55. The molecule has 30 heavy (non-hydrogen) atoms. The number of ether oxygens (including phenoxy) is 2. The van der Waals surface area contributed by atoms with Gasteiger partial charge in [-0.15, -0.1) is 0 Å². The van der Waals surface area contributed by atoms with E-state index in [1.807, 2.05) is 17.0 Å². The lowest BCUT2D eigenvalue weighted by atomic mass is 9.71. The molecule has 1 spiro atoms. The number of hydrogen-bond donors (Lipinski definition) is 0. The van der Waals surface area contributed by atoms with Gasteiger partial charge in [-0.2, -0.15) is 0 Å².